The van der Waals surface area contributed by atoms with Gasteiger partial charge in [-0.15, -0.1) is 0 Å². The lowest BCUT2D eigenvalue weighted by molar-refractivity contribution is -0.141. The maximum absolute atomic E-state index is 12.9. The molecule has 0 amide bonds. The van der Waals surface area contributed by atoms with E-state index >= 15 is 0 Å². The molecule has 0 aliphatic rings. The van der Waals surface area contributed by atoms with E-state index in [2.05, 4.69) is 14.5 Å². The van der Waals surface area contributed by atoms with E-state index in [9.17, 15) is 22.8 Å². The number of aromatic nitrogens is 1. The second kappa shape index (κ2) is 6.87. The fourth-order valence-electron chi connectivity index (χ4n) is 1.50. The largest absolute Gasteiger partial charge is 0.465 e. The molecule has 1 rings (SSSR count). The van der Waals surface area contributed by atoms with Crippen LogP contribution in [0, 0.1) is 0 Å². The van der Waals surface area contributed by atoms with Crippen LogP contribution in [0.5, 0.6) is 0 Å². The molecule has 8 heteroatoms. The summed E-state index contributed by atoms with van der Waals surface area (Å²) in [5, 5.41) is 0. The molecule has 0 spiro atoms. The van der Waals surface area contributed by atoms with Crippen LogP contribution in [0.4, 0.5) is 13.2 Å². The summed E-state index contributed by atoms with van der Waals surface area (Å²) in [5.41, 5.74) is -2.18. The Hall–Kier alpha value is -2.38. The van der Waals surface area contributed by atoms with Crippen molar-refractivity contribution in [3.05, 3.63) is 35.2 Å². The molecular formula is C13H12F3NO4. The van der Waals surface area contributed by atoms with Crippen molar-refractivity contribution in [2.24, 2.45) is 0 Å². The van der Waals surface area contributed by atoms with E-state index in [1.54, 1.807) is 6.92 Å². The first-order valence-corrected chi connectivity index (χ1v) is 5.80. The topological polar surface area (TPSA) is 65.5 Å². The van der Waals surface area contributed by atoms with Crippen LogP contribution in [0.2, 0.25) is 0 Å². The van der Waals surface area contributed by atoms with Crippen LogP contribution in [0.3, 0.4) is 0 Å². The van der Waals surface area contributed by atoms with Gasteiger partial charge in [0.15, 0.2) is 5.69 Å². The number of ether oxygens (including phenoxy) is 2. The number of carbonyl (C=O) groups is 2. The van der Waals surface area contributed by atoms with Gasteiger partial charge >= 0.3 is 18.1 Å². The number of nitrogens with zero attached hydrogens (tertiary/aromatic N) is 1. The fraction of sp³-hybridized carbons (Fsp3) is 0.308. The molecule has 0 bridgehead atoms. The van der Waals surface area contributed by atoms with E-state index in [0.29, 0.717) is 0 Å². The molecule has 0 fully saturated rings. The molecule has 0 atom stereocenters. The summed E-state index contributed by atoms with van der Waals surface area (Å²) < 4.78 is 47.7. The minimum absolute atomic E-state index is 0.0756. The van der Waals surface area contributed by atoms with Crippen LogP contribution in [0.15, 0.2) is 18.3 Å². The van der Waals surface area contributed by atoms with E-state index in [0.717, 1.165) is 31.5 Å². The summed E-state index contributed by atoms with van der Waals surface area (Å²) in [7, 11) is 1.04. The lowest BCUT2D eigenvalue weighted by Crippen LogP contribution is -2.15. The number of esters is 2. The fourth-order valence-corrected chi connectivity index (χ4v) is 1.50. The minimum Gasteiger partial charge on any atom is -0.465 e. The van der Waals surface area contributed by atoms with Gasteiger partial charge in [0.2, 0.25) is 0 Å². The Morgan fingerprint density at radius 1 is 1.38 bits per heavy atom. The molecule has 1 heterocycles. The van der Waals surface area contributed by atoms with Crippen molar-refractivity contribution >= 4 is 18.0 Å². The molecule has 0 saturated carbocycles. The van der Waals surface area contributed by atoms with Gasteiger partial charge in [-0.05, 0) is 19.1 Å². The third kappa shape index (κ3) is 4.30. The smallest absolute Gasteiger partial charge is 0.433 e. The zero-order chi connectivity index (χ0) is 16.0. The standard InChI is InChI=1S/C13H12F3NO4/c1-3-21-10(18)5-4-8-9(12(19)20-2)6-7-17-11(8)13(14,15)16/h4-7H,3H2,1-2H3/b5-4+. The van der Waals surface area contributed by atoms with Crippen molar-refractivity contribution in [3.8, 4) is 0 Å². The lowest BCUT2D eigenvalue weighted by atomic mass is 10.1. The van der Waals surface area contributed by atoms with Crippen LogP contribution in [-0.2, 0) is 20.4 Å². The minimum atomic E-state index is -4.78. The second-order valence-electron chi connectivity index (χ2n) is 3.70. The van der Waals surface area contributed by atoms with E-state index in [-0.39, 0.29) is 12.2 Å². The quantitative estimate of drug-likeness (QED) is 0.631. The third-order valence-electron chi connectivity index (χ3n) is 2.34. The average Bonchev–Trinajstić information content (AvgIpc) is 2.43. The zero-order valence-electron chi connectivity index (χ0n) is 11.2. The number of halogens is 3. The Balaban J connectivity index is 3.36. The molecule has 0 aromatic carbocycles. The van der Waals surface area contributed by atoms with Crippen molar-refractivity contribution in [2.75, 3.05) is 13.7 Å². The molecule has 0 radical (unpaired) electrons. The normalized spacial score (nSPS) is 11.5. The maximum Gasteiger partial charge on any atom is 0.433 e. The lowest BCUT2D eigenvalue weighted by Gasteiger charge is -2.12. The first-order valence-electron chi connectivity index (χ1n) is 5.80. The van der Waals surface area contributed by atoms with Crippen molar-refractivity contribution in [2.45, 2.75) is 13.1 Å². The van der Waals surface area contributed by atoms with Gasteiger partial charge in [0, 0.05) is 17.8 Å². The number of carbonyl (C=O) groups excluding carboxylic acids is 2. The average molecular weight is 303 g/mol. The number of alkyl halides is 3. The molecule has 0 saturated heterocycles. The summed E-state index contributed by atoms with van der Waals surface area (Å²) in [5.74, 6) is -1.79. The zero-order valence-corrected chi connectivity index (χ0v) is 11.2. The van der Waals surface area contributed by atoms with Crippen molar-refractivity contribution in [1.82, 2.24) is 4.98 Å². The van der Waals surface area contributed by atoms with Gasteiger partial charge in [-0.1, -0.05) is 0 Å². The van der Waals surface area contributed by atoms with Gasteiger partial charge < -0.3 is 9.47 Å². The van der Waals surface area contributed by atoms with Gasteiger partial charge in [0.1, 0.15) is 0 Å². The first kappa shape index (κ1) is 16.7. The Kier molecular flexibility index (Phi) is 5.45. The SMILES string of the molecule is CCOC(=O)/C=C/c1c(C(=O)OC)ccnc1C(F)(F)F. The summed E-state index contributed by atoms with van der Waals surface area (Å²) in [6, 6.07) is 1.08. The van der Waals surface area contributed by atoms with Crippen LogP contribution in [0.1, 0.15) is 28.5 Å². The van der Waals surface area contributed by atoms with Gasteiger partial charge in [0.25, 0.3) is 0 Å². The van der Waals surface area contributed by atoms with E-state index in [1.165, 1.54) is 0 Å². The van der Waals surface area contributed by atoms with Crippen LogP contribution in [-0.4, -0.2) is 30.6 Å². The molecule has 0 N–H and O–H groups in total. The highest BCUT2D eigenvalue weighted by Gasteiger charge is 2.36. The van der Waals surface area contributed by atoms with Crippen molar-refractivity contribution in [3.63, 3.8) is 0 Å². The summed E-state index contributed by atoms with van der Waals surface area (Å²) >= 11 is 0. The summed E-state index contributed by atoms with van der Waals surface area (Å²) in [6.07, 6.45) is -2.31. The van der Waals surface area contributed by atoms with Gasteiger partial charge in [-0.25, -0.2) is 9.59 Å². The first-order chi connectivity index (χ1) is 9.81. The molecule has 0 unspecified atom stereocenters. The van der Waals surface area contributed by atoms with E-state index in [1.807, 2.05) is 0 Å². The van der Waals surface area contributed by atoms with E-state index < -0.39 is 29.4 Å². The highest BCUT2D eigenvalue weighted by atomic mass is 19.4. The highest BCUT2D eigenvalue weighted by Crippen LogP contribution is 2.32. The Morgan fingerprint density at radius 2 is 2.05 bits per heavy atom. The van der Waals surface area contributed by atoms with Gasteiger partial charge in [-0.2, -0.15) is 13.2 Å². The second-order valence-corrected chi connectivity index (χ2v) is 3.70. The number of methoxy groups -OCH3 is 1. The van der Waals surface area contributed by atoms with Crippen LogP contribution in [0.25, 0.3) is 6.08 Å². The summed E-state index contributed by atoms with van der Waals surface area (Å²) in [4.78, 5) is 25.9. The molecule has 5 nitrogen and oxygen atoms in total. The van der Waals surface area contributed by atoms with Crippen LogP contribution >= 0.6 is 0 Å². The number of hydrogen-bond donors (Lipinski definition) is 0. The van der Waals surface area contributed by atoms with E-state index in [4.69, 9.17) is 0 Å². The molecule has 1 aromatic heterocycles. The van der Waals surface area contributed by atoms with Gasteiger partial charge in [0.05, 0.1) is 19.3 Å². The predicted molar refractivity (Wildman–Crippen MR) is 66.2 cm³/mol. The Morgan fingerprint density at radius 3 is 2.57 bits per heavy atom. The highest BCUT2D eigenvalue weighted by molar-refractivity contribution is 5.96. The molecule has 0 aliphatic carbocycles. The molecule has 21 heavy (non-hydrogen) atoms. The summed E-state index contributed by atoms with van der Waals surface area (Å²) in [6.45, 7) is 1.63. The number of pyridine rings is 1. The van der Waals surface area contributed by atoms with Crippen LogP contribution < -0.4 is 0 Å². The third-order valence-corrected chi connectivity index (χ3v) is 2.34. The number of hydrogen-bond acceptors (Lipinski definition) is 5. The van der Waals surface area contributed by atoms with Gasteiger partial charge in [-0.3, -0.25) is 4.98 Å². The van der Waals surface area contributed by atoms with Crippen molar-refractivity contribution < 1.29 is 32.2 Å². The molecule has 114 valence electrons. The monoisotopic (exact) mass is 303 g/mol. The molecular weight excluding hydrogens is 291 g/mol. The molecule has 1 aromatic rings. The Labute approximate surface area is 118 Å². The molecule has 0 aliphatic heterocycles. The predicted octanol–water partition coefficient (Wildman–Crippen LogP) is 2.46. The Bertz CT molecular complexity index is 567. The number of rotatable bonds is 4. The maximum atomic E-state index is 12.9. The van der Waals surface area contributed by atoms with Crippen molar-refractivity contribution in [1.29, 1.82) is 0 Å².